The van der Waals surface area contributed by atoms with Crippen molar-refractivity contribution in [1.29, 1.82) is 0 Å². The first-order valence-electron chi connectivity index (χ1n) is 3.44. The molecule has 0 N–H and O–H groups in total. The topological polar surface area (TPSA) is 30.2 Å². The molecule has 0 spiro atoms. The van der Waals surface area contributed by atoms with Crippen molar-refractivity contribution in [3.63, 3.8) is 0 Å². The lowest BCUT2D eigenvalue weighted by Crippen LogP contribution is -1.96. The Kier molecular flexibility index (Phi) is 2.76. The zero-order valence-corrected chi connectivity index (χ0v) is 7.23. The summed E-state index contributed by atoms with van der Waals surface area (Å²) in [6.07, 6.45) is 0.441. The molecule has 0 saturated carbocycles. The molecule has 0 aliphatic heterocycles. The number of aryl methyl sites for hydroxylation is 1. The summed E-state index contributed by atoms with van der Waals surface area (Å²) >= 11 is 3.95. The minimum absolute atomic E-state index is 0.0214. The Bertz CT molecular complexity index is 252. The van der Waals surface area contributed by atoms with Gasteiger partial charge in [0.2, 0.25) is 0 Å². The van der Waals surface area contributed by atoms with Crippen molar-refractivity contribution < 1.29 is 9.21 Å². The highest BCUT2D eigenvalue weighted by molar-refractivity contribution is 7.80. The number of hydrogen-bond donors (Lipinski definition) is 1. The van der Waals surface area contributed by atoms with Crippen LogP contribution in [-0.4, -0.2) is 11.5 Å². The molecule has 0 aromatic carbocycles. The minimum Gasteiger partial charge on any atom is -0.458 e. The van der Waals surface area contributed by atoms with Crippen LogP contribution in [0.15, 0.2) is 16.5 Å². The third-order valence-electron chi connectivity index (χ3n) is 1.35. The van der Waals surface area contributed by atoms with Crippen molar-refractivity contribution in [3.05, 3.63) is 23.7 Å². The number of carbonyl (C=O) groups excluding carboxylic acids is 1. The van der Waals surface area contributed by atoms with Crippen molar-refractivity contribution in [2.24, 2.45) is 0 Å². The Labute approximate surface area is 71.0 Å². The van der Waals surface area contributed by atoms with E-state index in [-0.39, 0.29) is 5.78 Å². The second-order valence-electron chi connectivity index (χ2n) is 2.31. The molecule has 1 aromatic heterocycles. The van der Waals surface area contributed by atoms with Crippen LogP contribution < -0.4 is 0 Å². The van der Waals surface area contributed by atoms with E-state index in [0.29, 0.717) is 17.9 Å². The molecule has 0 atom stereocenters. The Balaban J connectivity index is 2.69. The molecule has 0 unspecified atom stereocenters. The van der Waals surface area contributed by atoms with Crippen LogP contribution in [0.2, 0.25) is 0 Å². The van der Waals surface area contributed by atoms with E-state index in [9.17, 15) is 4.79 Å². The highest BCUT2D eigenvalue weighted by Gasteiger charge is 2.07. The van der Waals surface area contributed by atoms with Gasteiger partial charge in [-0.2, -0.15) is 12.6 Å². The van der Waals surface area contributed by atoms with Crippen molar-refractivity contribution >= 4 is 18.4 Å². The van der Waals surface area contributed by atoms with Gasteiger partial charge in [-0.25, -0.2) is 0 Å². The molecule has 60 valence electrons. The van der Waals surface area contributed by atoms with E-state index in [4.69, 9.17) is 4.42 Å². The number of rotatable bonds is 3. The molecular weight excluding hydrogens is 160 g/mol. The van der Waals surface area contributed by atoms with Crippen molar-refractivity contribution in [1.82, 2.24) is 0 Å². The van der Waals surface area contributed by atoms with Gasteiger partial charge in [0.05, 0.1) is 0 Å². The monoisotopic (exact) mass is 170 g/mol. The van der Waals surface area contributed by atoms with Gasteiger partial charge < -0.3 is 4.42 Å². The van der Waals surface area contributed by atoms with E-state index in [1.54, 1.807) is 12.1 Å². The summed E-state index contributed by atoms with van der Waals surface area (Å²) in [5.74, 6) is 1.80. The normalized spacial score (nSPS) is 10.0. The summed E-state index contributed by atoms with van der Waals surface area (Å²) in [5, 5.41) is 0. The number of ketones is 1. The van der Waals surface area contributed by atoms with E-state index in [0.717, 1.165) is 5.76 Å². The van der Waals surface area contributed by atoms with Gasteiger partial charge in [0.15, 0.2) is 11.5 Å². The molecule has 1 heterocycles. The minimum atomic E-state index is 0.0214. The van der Waals surface area contributed by atoms with Crippen LogP contribution in [0.4, 0.5) is 0 Å². The summed E-state index contributed by atoms with van der Waals surface area (Å²) in [6.45, 7) is 1.82. The standard InChI is InChI=1S/C8H10O2S/c1-6-2-3-8(10-6)7(9)4-5-11/h2-3,11H,4-5H2,1H3. The van der Waals surface area contributed by atoms with E-state index < -0.39 is 0 Å². The molecule has 0 amide bonds. The molecule has 3 heteroatoms. The summed E-state index contributed by atoms with van der Waals surface area (Å²) in [5.41, 5.74) is 0. The lowest BCUT2D eigenvalue weighted by molar-refractivity contribution is 0.0962. The van der Waals surface area contributed by atoms with Crippen LogP contribution in [0, 0.1) is 6.92 Å². The van der Waals surface area contributed by atoms with Gasteiger partial charge in [-0.15, -0.1) is 0 Å². The van der Waals surface area contributed by atoms with Crippen LogP contribution in [0.5, 0.6) is 0 Å². The lowest BCUT2D eigenvalue weighted by atomic mass is 10.2. The predicted octanol–water partition coefficient (Wildman–Crippen LogP) is 2.09. The molecule has 2 nitrogen and oxygen atoms in total. The number of carbonyl (C=O) groups is 1. The average Bonchev–Trinajstić information content (AvgIpc) is 2.36. The Hall–Kier alpha value is -0.700. The van der Waals surface area contributed by atoms with Crippen LogP contribution in [0.25, 0.3) is 0 Å². The predicted molar refractivity (Wildman–Crippen MR) is 46.2 cm³/mol. The average molecular weight is 170 g/mol. The van der Waals surface area contributed by atoms with Gasteiger partial charge in [0, 0.05) is 6.42 Å². The Morgan fingerprint density at radius 3 is 2.82 bits per heavy atom. The van der Waals surface area contributed by atoms with E-state index in [1.165, 1.54) is 0 Å². The number of thiol groups is 1. The maximum atomic E-state index is 11.1. The number of Topliss-reactive ketones (excluding diaryl/α,β-unsaturated/α-hetero) is 1. The fourth-order valence-electron chi connectivity index (χ4n) is 0.809. The maximum Gasteiger partial charge on any atom is 0.198 e. The fraction of sp³-hybridized carbons (Fsp3) is 0.375. The molecular formula is C8H10O2S. The molecule has 1 rings (SSSR count). The van der Waals surface area contributed by atoms with Crippen molar-refractivity contribution in [2.45, 2.75) is 13.3 Å². The van der Waals surface area contributed by atoms with Crippen LogP contribution in [0.3, 0.4) is 0 Å². The zero-order valence-electron chi connectivity index (χ0n) is 6.33. The first kappa shape index (κ1) is 8.40. The van der Waals surface area contributed by atoms with Gasteiger partial charge in [0.25, 0.3) is 0 Å². The smallest absolute Gasteiger partial charge is 0.198 e. The van der Waals surface area contributed by atoms with E-state index in [2.05, 4.69) is 12.6 Å². The Morgan fingerprint density at radius 2 is 2.36 bits per heavy atom. The van der Waals surface area contributed by atoms with Crippen LogP contribution >= 0.6 is 12.6 Å². The molecule has 0 aliphatic carbocycles. The summed E-state index contributed by atoms with van der Waals surface area (Å²) in [4.78, 5) is 11.1. The maximum absolute atomic E-state index is 11.1. The van der Waals surface area contributed by atoms with Gasteiger partial charge in [-0.05, 0) is 24.8 Å². The number of furan rings is 1. The highest BCUT2D eigenvalue weighted by Crippen LogP contribution is 2.08. The molecule has 1 aromatic rings. The molecule has 0 aliphatic rings. The van der Waals surface area contributed by atoms with Crippen LogP contribution in [-0.2, 0) is 0 Å². The van der Waals surface area contributed by atoms with Gasteiger partial charge in [0.1, 0.15) is 5.76 Å². The molecule has 11 heavy (non-hydrogen) atoms. The lowest BCUT2D eigenvalue weighted by Gasteiger charge is -1.91. The quantitative estimate of drug-likeness (QED) is 0.556. The second-order valence-corrected chi connectivity index (χ2v) is 2.75. The van der Waals surface area contributed by atoms with Crippen LogP contribution in [0.1, 0.15) is 22.7 Å². The summed E-state index contributed by atoms with van der Waals surface area (Å²) < 4.78 is 5.11. The first-order valence-corrected chi connectivity index (χ1v) is 4.08. The van der Waals surface area contributed by atoms with E-state index in [1.807, 2.05) is 6.92 Å². The molecule has 0 radical (unpaired) electrons. The fourth-order valence-corrected chi connectivity index (χ4v) is 1.01. The second kappa shape index (κ2) is 3.62. The third kappa shape index (κ3) is 2.12. The Morgan fingerprint density at radius 1 is 1.64 bits per heavy atom. The van der Waals surface area contributed by atoms with Gasteiger partial charge >= 0.3 is 0 Å². The first-order chi connectivity index (χ1) is 5.24. The highest BCUT2D eigenvalue weighted by atomic mass is 32.1. The number of hydrogen-bond acceptors (Lipinski definition) is 3. The largest absolute Gasteiger partial charge is 0.458 e. The van der Waals surface area contributed by atoms with Gasteiger partial charge in [-0.1, -0.05) is 0 Å². The third-order valence-corrected chi connectivity index (χ3v) is 1.58. The SMILES string of the molecule is Cc1ccc(C(=O)CCS)o1. The molecule has 0 fully saturated rings. The summed E-state index contributed by atoms with van der Waals surface area (Å²) in [6, 6.07) is 3.48. The van der Waals surface area contributed by atoms with Gasteiger partial charge in [-0.3, -0.25) is 4.79 Å². The van der Waals surface area contributed by atoms with E-state index >= 15 is 0 Å². The van der Waals surface area contributed by atoms with Crippen molar-refractivity contribution in [2.75, 3.05) is 5.75 Å². The molecule has 0 bridgehead atoms. The molecule has 0 saturated heterocycles. The van der Waals surface area contributed by atoms with Crippen molar-refractivity contribution in [3.8, 4) is 0 Å². The zero-order chi connectivity index (χ0) is 8.27. The summed E-state index contributed by atoms with van der Waals surface area (Å²) in [7, 11) is 0.